The van der Waals surface area contributed by atoms with Gasteiger partial charge in [-0.05, 0) is 25.1 Å². The highest BCUT2D eigenvalue weighted by molar-refractivity contribution is 7.13. The minimum atomic E-state index is -0.864. The summed E-state index contributed by atoms with van der Waals surface area (Å²) in [4.78, 5) is 22.5. The van der Waals surface area contributed by atoms with Crippen LogP contribution in [0.4, 0.5) is 0 Å². The number of aromatic nitrogens is 3. The number of H-pyrrole nitrogens is 1. The van der Waals surface area contributed by atoms with Crippen LogP contribution in [0.1, 0.15) is 11.5 Å². The number of carboxylic acid groups (broad SMARTS) is 1. The van der Waals surface area contributed by atoms with E-state index in [2.05, 4.69) is 15.0 Å². The lowest BCUT2D eigenvalue weighted by atomic mass is 10.2. The Morgan fingerprint density at radius 1 is 1.42 bits per heavy atom. The van der Waals surface area contributed by atoms with Crippen LogP contribution in [0.5, 0.6) is 0 Å². The average Bonchev–Trinajstić information content (AvgIpc) is 2.92. The van der Waals surface area contributed by atoms with Gasteiger partial charge >= 0.3 is 5.97 Å². The second kappa shape index (κ2) is 4.47. The molecule has 2 heterocycles. The van der Waals surface area contributed by atoms with Crippen LogP contribution in [0.15, 0.2) is 23.6 Å². The van der Waals surface area contributed by atoms with Gasteiger partial charge in [0.15, 0.2) is 0 Å². The van der Waals surface area contributed by atoms with Crippen molar-refractivity contribution in [3.8, 4) is 10.6 Å². The van der Waals surface area contributed by atoms with E-state index < -0.39 is 5.97 Å². The minimum absolute atomic E-state index is 0.0398. The van der Waals surface area contributed by atoms with Crippen LogP contribution in [0.25, 0.3) is 21.6 Å². The molecule has 0 saturated carbocycles. The van der Waals surface area contributed by atoms with E-state index in [4.69, 9.17) is 5.11 Å². The molecule has 96 valence electrons. The fraction of sp³-hybridized carbons (Fsp3) is 0.154. The molecule has 0 amide bonds. The third-order valence-corrected chi connectivity index (χ3v) is 3.67. The van der Waals surface area contributed by atoms with Crippen LogP contribution in [0.3, 0.4) is 0 Å². The maximum Gasteiger partial charge on any atom is 0.309 e. The molecule has 2 N–H and O–H groups in total. The normalized spacial score (nSPS) is 11.0. The molecule has 0 radical (unpaired) electrons. The second-order valence-corrected chi connectivity index (χ2v) is 5.13. The number of thiazole rings is 1. The number of rotatable bonds is 3. The lowest BCUT2D eigenvalue weighted by molar-refractivity contribution is -0.136. The van der Waals surface area contributed by atoms with Gasteiger partial charge in [0.1, 0.15) is 10.8 Å². The van der Waals surface area contributed by atoms with Crippen molar-refractivity contribution in [2.75, 3.05) is 0 Å². The third kappa shape index (κ3) is 2.34. The second-order valence-electron chi connectivity index (χ2n) is 4.27. The van der Waals surface area contributed by atoms with E-state index in [0.29, 0.717) is 5.69 Å². The van der Waals surface area contributed by atoms with Gasteiger partial charge in [0.2, 0.25) is 0 Å². The molecule has 3 aromatic rings. The number of fused-ring (bicyclic) bond motifs is 1. The van der Waals surface area contributed by atoms with Crippen molar-refractivity contribution < 1.29 is 9.90 Å². The van der Waals surface area contributed by atoms with Gasteiger partial charge in [0.05, 0.1) is 23.1 Å². The molecule has 6 heteroatoms. The van der Waals surface area contributed by atoms with Gasteiger partial charge in [-0.2, -0.15) is 0 Å². The van der Waals surface area contributed by atoms with Crippen LogP contribution < -0.4 is 0 Å². The smallest absolute Gasteiger partial charge is 0.309 e. The van der Waals surface area contributed by atoms with E-state index in [-0.39, 0.29) is 6.42 Å². The predicted octanol–water partition coefficient (Wildman–Crippen LogP) is 2.62. The van der Waals surface area contributed by atoms with E-state index >= 15 is 0 Å². The molecule has 19 heavy (non-hydrogen) atoms. The molecule has 0 atom stereocenters. The summed E-state index contributed by atoms with van der Waals surface area (Å²) in [6, 6.07) is 5.87. The number of imidazole rings is 1. The summed E-state index contributed by atoms with van der Waals surface area (Å²) in [5, 5.41) is 11.4. The summed E-state index contributed by atoms with van der Waals surface area (Å²) in [6.45, 7) is 1.91. The Morgan fingerprint density at radius 2 is 2.26 bits per heavy atom. The molecule has 0 unspecified atom stereocenters. The first-order valence-electron chi connectivity index (χ1n) is 5.75. The number of nitrogens with one attached hydrogen (secondary N) is 1. The number of benzene rings is 1. The van der Waals surface area contributed by atoms with Crippen LogP contribution in [-0.2, 0) is 11.2 Å². The number of aryl methyl sites for hydroxylation is 1. The van der Waals surface area contributed by atoms with Gasteiger partial charge in [-0.25, -0.2) is 9.97 Å². The van der Waals surface area contributed by atoms with E-state index in [1.807, 2.05) is 25.1 Å². The van der Waals surface area contributed by atoms with Crippen molar-refractivity contribution in [2.24, 2.45) is 0 Å². The van der Waals surface area contributed by atoms with Gasteiger partial charge in [-0.1, -0.05) is 0 Å². The first kappa shape index (κ1) is 11.9. The zero-order chi connectivity index (χ0) is 13.4. The fourth-order valence-corrected chi connectivity index (χ4v) is 2.76. The maximum atomic E-state index is 10.6. The summed E-state index contributed by atoms with van der Waals surface area (Å²) in [6.07, 6.45) is -0.0398. The number of hydrogen-bond donors (Lipinski definition) is 2. The lowest BCUT2D eigenvalue weighted by Gasteiger charge is -1.96. The molecule has 0 saturated heterocycles. The van der Waals surface area contributed by atoms with Gasteiger partial charge in [-0.15, -0.1) is 11.3 Å². The summed E-state index contributed by atoms with van der Waals surface area (Å²) >= 11 is 1.45. The third-order valence-electron chi connectivity index (χ3n) is 2.73. The van der Waals surface area contributed by atoms with Crippen LogP contribution in [0.2, 0.25) is 0 Å². The average molecular weight is 273 g/mol. The van der Waals surface area contributed by atoms with Crippen LogP contribution >= 0.6 is 11.3 Å². The number of carboxylic acids is 1. The molecular weight excluding hydrogens is 262 g/mol. The molecule has 0 aliphatic carbocycles. The lowest BCUT2D eigenvalue weighted by Crippen LogP contribution is -1.99. The quantitative estimate of drug-likeness (QED) is 0.768. The van der Waals surface area contributed by atoms with E-state index in [1.165, 1.54) is 11.3 Å². The molecular formula is C13H11N3O2S. The number of carbonyl (C=O) groups is 1. The molecule has 1 aromatic carbocycles. The summed E-state index contributed by atoms with van der Waals surface area (Å²) < 4.78 is 0. The van der Waals surface area contributed by atoms with Crippen molar-refractivity contribution in [3.63, 3.8) is 0 Å². The summed E-state index contributed by atoms with van der Waals surface area (Å²) in [5.41, 5.74) is 3.44. The Hall–Kier alpha value is -2.21. The molecule has 5 nitrogen and oxygen atoms in total. The summed E-state index contributed by atoms with van der Waals surface area (Å²) in [5.74, 6) is 0.00866. The van der Waals surface area contributed by atoms with Crippen LogP contribution in [0, 0.1) is 6.92 Å². The van der Waals surface area contributed by atoms with Gasteiger partial charge < -0.3 is 10.1 Å². The fourth-order valence-electron chi connectivity index (χ4n) is 1.95. The molecule has 0 spiro atoms. The monoisotopic (exact) mass is 273 g/mol. The zero-order valence-corrected chi connectivity index (χ0v) is 11.0. The maximum absolute atomic E-state index is 10.6. The van der Waals surface area contributed by atoms with Crippen molar-refractivity contribution in [3.05, 3.63) is 35.1 Å². The molecule has 0 fully saturated rings. The van der Waals surface area contributed by atoms with Crippen molar-refractivity contribution >= 4 is 28.3 Å². The van der Waals surface area contributed by atoms with Gasteiger partial charge in [-0.3, -0.25) is 4.79 Å². The summed E-state index contributed by atoms with van der Waals surface area (Å²) in [7, 11) is 0. The van der Waals surface area contributed by atoms with E-state index in [1.54, 1.807) is 5.38 Å². The molecule has 0 aliphatic heterocycles. The zero-order valence-electron chi connectivity index (χ0n) is 10.2. The Morgan fingerprint density at radius 3 is 3.05 bits per heavy atom. The van der Waals surface area contributed by atoms with Gasteiger partial charge in [0, 0.05) is 10.9 Å². The van der Waals surface area contributed by atoms with Crippen molar-refractivity contribution in [1.29, 1.82) is 0 Å². The Balaban J connectivity index is 1.98. The topological polar surface area (TPSA) is 78.9 Å². The van der Waals surface area contributed by atoms with Crippen molar-refractivity contribution in [1.82, 2.24) is 15.0 Å². The first-order chi connectivity index (χ1) is 9.11. The predicted molar refractivity (Wildman–Crippen MR) is 73.3 cm³/mol. The number of nitrogens with zero attached hydrogens (tertiary/aromatic N) is 2. The van der Waals surface area contributed by atoms with Crippen LogP contribution in [-0.4, -0.2) is 26.0 Å². The largest absolute Gasteiger partial charge is 0.481 e. The number of hydrogen-bond acceptors (Lipinski definition) is 4. The highest BCUT2D eigenvalue weighted by Gasteiger charge is 2.09. The molecule has 3 rings (SSSR count). The molecule has 0 aliphatic rings. The number of aliphatic carboxylic acids is 1. The highest BCUT2D eigenvalue weighted by Crippen LogP contribution is 2.26. The van der Waals surface area contributed by atoms with E-state index in [9.17, 15) is 4.79 Å². The van der Waals surface area contributed by atoms with Gasteiger partial charge in [0.25, 0.3) is 0 Å². The van der Waals surface area contributed by atoms with Crippen molar-refractivity contribution in [2.45, 2.75) is 13.3 Å². The minimum Gasteiger partial charge on any atom is -0.481 e. The SMILES string of the molecule is Cc1nc2ccc(-c3nc(CC(=O)O)cs3)cc2[nH]1. The standard InChI is InChI=1S/C13H11N3O2S/c1-7-14-10-3-2-8(4-11(10)15-7)13-16-9(6-19-13)5-12(17)18/h2-4,6H,5H2,1H3,(H,14,15)(H,17,18). The Kier molecular flexibility index (Phi) is 2.79. The first-order valence-corrected chi connectivity index (χ1v) is 6.63. The molecule has 0 bridgehead atoms. The highest BCUT2D eigenvalue weighted by atomic mass is 32.1. The Labute approximate surface area is 113 Å². The number of aromatic amines is 1. The molecule has 2 aromatic heterocycles. The van der Waals surface area contributed by atoms with E-state index in [0.717, 1.165) is 27.4 Å². The Bertz CT molecular complexity index is 760.